The van der Waals surface area contributed by atoms with Crippen LogP contribution in [-0.4, -0.2) is 0 Å². The Morgan fingerprint density at radius 1 is 0.824 bits per heavy atom. The number of para-hydroxylation sites is 1. The highest BCUT2D eigenvalue weighted by molar-refractivity contribution is 7.34. The van der Waals surface area contributed by atoms with Gasteiger partial charge in [-0.15, -0.1) is 0 Å². The van der Waals surface area contributed by atoms with Crippen molar-refractivity contribution in [2.45, 2.75) is 6.92 Å². The van der Waals surface area contributed by atoms with Crippen molar-refractivity contribution < 1.29 is 13.6 Å². The van der Waals surface area contributed by atoms with Gasteiger partial charge in [-0.3, -0.25) is 0 Å². The highest BCUT2D eigenvalue weighted by Gasteiger charge is 2.03. The Morgan fingerprint density at radius 3 is 1.94 bits per heavy atom. The van der Waals surface area contributed by atoms with Crippen LogP contribution in [0.25, 0.3) is 0 Å². The summed E-state index contributed by atoms with van der Waals surface area (Å²) < 4.78 is 22.0. The molecular weight excluding hydrogens is 235 g/mol. The topological polar surface area (TPSA) is 35.5 Å². The molecule has 88 valence electrons. The molecule has 2 aromatic carbocycles. The van der Waals surface area contributed by atoms with Gasteiger partial charge in [0, 0.05) is 0 Å². The molecule has 17 heavy (non-hydrogen) atoms. The first kappa shape index (κ1) is 11.7. The average molecular weight is 248 g/mol. The van der Waals surface area contributed by atoms with Gasteiger partial charge in [-0.2, -0.15) is 0 Å². The molecule has 0 aliphatic carbocycles. The lowest BCUT2D eigenvalue weighted by Gasteiger charge is -2.07. The second kappa shape index (κ2) is 5.55. The minimum atomic E-state index is -2.56. The van der Waals surface area contributed by atoms with E-state index in [2.05, 4.69) is 0 Å². The van der Waals surface area contributed by atoms with Gasteiger partial charge < -0.3 is 9.05 Å². The van der Waals surface area contributed by atoms with E-state index in [0.717, 1.165) is 5.56 Å². The highest BCUT2D eigenvalue weighted by atomic mass is 31.1. The van der Waals surface area contributed by atoms with Crippen LogP contribution in [0.5, 0.6) is 11.5 Å². The maximum Gasteiger partial charge on any atom is 0.418 e. The number of aryl methyl sites for hydroxylation is 1. The van der Waals surface area contributed by atoms with Crippen molar-refractivity contribution >= 4 is 8.25 Å². The molecule has 0 aromatic heterocycles. The van der Waals surface area contributed by atoms with E-state index < -0.39 is 8.25 Å². The first-order valence-electron chi connectivity index (χ1n) is 5.25. The quantitative estimate of drug-likeness (QED) is 0.771. The lowest BCUT2D eigenvalue weighted by atomic mass is 10.2. The molecule has 0 saturated carbocycles. The third kappa shape index (κ3) is 3.65. The molecule has 0 amide bonds. The van der Waals surface area contributed by atoms with E-state index in [0.29, 0.717) is 11.5 Å². The van der Waals surface area contributed by atoms with Gasteiger partial charge in [0.1, 0.15) is 11.5 Å². The van der Waals surface area contributed by atoms with Gasteiger partial charge in [-0.25, -0.2) is 4.57 Å². The summed E-state index contributed by atoms with van der Waals surface area (Å²) in [5.74, 6) is 1.10. The first-order valence-corrected chi connectivity index (χ1v) is 6.48. The van der Waals surface area contributed by atoms with Crippen LogP contribution in [0.1, 0.15) is 5.56 Å². The largest absolute Gasteiger partial charge is 0.418 e. The van der Waals surface area contributed by atoms with Crippen LogP contribution in [0.4, 0.5) is 0 Å². The molecule has 0 fully saturated rings. The van der Waals surface area contributed by atoms with Crippen LogP contribution >= 0.6 is 8.25 Å². The Balaban J connectivity index is 1.96. The number of rotatable bonds is 4. The highest BCUT2D eigenvalue weighted by Crippen LogP contribution is 2.30. The van der Waals surface area contributed by atoms with Crippen molar-refractivity contribution in [2.75, 3.05) is 0 Å². The van der Waals surface area contributed by atoms with E-state index in [9.17, 15) is 4.57 Å². The van der Waals surface area contributed by atoms with Gasteiger partial charge in [0.2, 0.25) is 0 Å². The monoisotopic (exact) mass is 248 g/mol. The van der Waals surface area contributed by atoms with Crippen molar-refractivity contribution in [2.24, 2.45) is 0 Å². The Labute approximate surface area is 101 Å². The smallest absolute Gasteiger partial charge is 0.418 e. The van der Waals surface area contributed by atoms with Crippen molar-refractivity contribution in [1.82, 2.24) is 0 Å². The zero-order chi connectivity index (χ0) is 12.1. The number of hydrogen-bond acceptors (Lipinski definition) is 3. The summed E-state index contributed by atoms with van der Waals surface area (Å²) in [6.45, 7) is 1.98. The molecule has 0 spiro atoms. The van der Waals surface area contributed by atoms with Gasteiger partial charge in [0.15, 0.2) is 0 Å². The SMILES string of the molecule is Cc1ccc(O[PH](=O)Oc2ccccc2)cc1. The van der Waals surface area contributed by atoms with Gasteiger partial charge >= 0.3 is 8.25 Å². The molecule has 0 heterocycles. The van der Waals surface area contributed by atoms with Crippen LogP contribution in [-0.2, 0) is 4.57 Å². The van der Waals surface area contributed by atoms with E-state index in [4.69, 9.17) is 9.05 Å². The van der Waals surface area contributed by atoms with Gasteiger partial charge in [-0.05, 0) is 31.2 Å². The molecule has 0 bridgehead atoms. The lowest BCUT2D eigenvalue weighted by Crippen LogP contribution is -1.88. The number of hydrogen-bond donors (Lipinski definition) is 0. The molecule has 1 unspecified atom stereocenters. The predicted molar refractivity (Wildman–Crippen MR) is 67.9 cm³/mol. The zero-order valence-electron chi connectivity index (χ0n) is 9.42. The van der Waals surface area contributed by atoms with Crippen LogP contribution < -0.4 is 9.05 Å². The molecule has 2 rings (SSSR count). The Kier molecular flexibility index (Phi) is 3.84. The fourth-order valence-corrected chi connectivity index (χ4v) is 2.01. The third-order valence-corrected chi connectivity index (χ3v) is 2.97. The second-order valence-electron chi connectivity index (χ2n) is 3.58. The van der Waals surface area contributed by atoms with E-state index in [1.54, 1.807) is 24.3 Å². The van der Waals surface area contributed by atoms with Gasteiger partial charge in [0.05, 0.1) is 0 Å². The standard InChI is InChI=1S/C13H13O3P/c1-11-7-9-13(10-8-11)16-17(14)15-12-5-3-2-4-6-12/h2-10,17H,1H3. The summed E-state index contributed by atoms with van der Waals surface area (Å²) in [4.78, 5) is 0. The fraction of sp³-hybridized carbons (Fsp3) is 0.0769. The normalized spacial score (nSPS) is 11.8. The summed E-state index contributed by atoms with van der Waals surface area (Å²) in [6.07, 6.45) is 0. The van der Waals surface area contributed by atoms with Crippen molar-refractivity contribution in [3.63, 3.8) is 0 Å². The molecule has 0 radical (unpaired) electrons. The second-order valence-corrected chi connectivity index (χ2v) is 4.49. The molecule has 2 aromatic rings. The summed E-state index contributed by atoms with van der Waals surface area (Å²) in [7, 11) is -2.56. The first-order chi connectivity index (χ1) is 8.24. The summed E-state index contributed by atoms with van der Waals surface area (Å²) in [6, 6.07) is 16.3. The molecule has 4 heteroatoms. The minimum Gasteiger partial charge on any atom is -0.418 e. The van der Waals surface area contributed by atoms with E-state index in [1.165, 1.54) is 0 Å². The molecular formula is C13H13O3P. The van der Waals surface area contributed by atoms with Crippen molar-refractivity contribution in [3.05, 3.63) is 60.2 Å². The Hall–Kier alpha value is -1.73. The Morgan fingerprint density at radius 2 is 1.35 bits per heavy atom. The fourth-order valence-electron chi connectivity index (χ4n) is 1.31. The van der Waals surface area contributed by atoms with Crippen molar-refractivity contribution in [1.29, 1.82) is 0 Å². The number of benzene rings is 2. The summed E-state index contributed by atoms with van der Waals surface area (Å²) in [5, 5.41) is 0. The molecule has 0 N–H and O–H groups in total. The molecule has 1 atom stereocenters. The maximum absolute atomic E-state index is 11.6. The Bertz CT molecular complexity index is 494. The van der Waals surface area contributed by atoms with Crippen LogP contribution in [0.15, 0.2) is 54.6 Å². The van der Waals surface area contributed by atoms with Crippen molar-refractivity contribution in [3.8, 4) is 11.5 Å². The van der Waals surface area contributed by atoms with Crippen LogP contribution in [0, 0.1) is 6.92 Å². The van der Waals surface area contributed by atoms with E-state index >= 15 is 0 Å². The molecule has 0 aliphatic rings. The summed E-state index contributed by atoms with van der Waals surface area (Å²) in [5.41, 5.74) is 1.13. The van der Waals surface area contributed by atoms with Crippen LogP contribution in [0.3, 0.4) is 0 Å². The zero-order valence-corrected chi connectivity index (χ0v) is 10.4. The van der Waals surface area contributed by atoms with Gasteiger partial charge in [-0.1, -0.05) is 35.9 Å². The molecule has 0 aliphatic heterocycles. The molecule has 3 nitrogen and oxygen atoms in total. The lowest BCUT2D eigenvalue weighted by molar-refractivity contribution is 0.415. The average Bonchev–Trinajstić information content (AvgIpc) is 2.33. The predicted octanol–water partition coefficient (Wildman–Crippen LogP) is 3.84. The third-order valence-electron chi connectivity index (χ3n) is 2.17. The van der Waals surface area contributed by atoms with E-state index in [1.807, 2.05) is 37.3 Å². The van der Waals surface area contributed by atoms with E-state index in [-0.39, 0.29) is 0 Å². The molecule has 0 saturated heterocycles. The summed E-state index contributed by atoms with van der Waals surface area (Å²) >= 11 is 0. The minimum absolute atomic E-state index is 0.545. The van der Waals surface area contributed by atoms with Gasteiger partial charge in [0.25, 0.3) is 0 Å². The van der Waals surface area contributed by atoms with Crippen LogP contribution in [0.2, 0.25) is 0 Å². The maximum atomic E-state index is 11.6.